The van der Waals surface area contributed by atoms with Crippen molar-refractivity contribution < 1.29 is 5.11 Å². The van der Waals surface area contributed by atoms with Crippen molar-refractivity contribution >= 4 is 0 Å². The number of rotatable bonds is 1. The van der Waals surface area contributed by atoms with Crippen molar-refractivity contribution in [1.82, 2.24) is 0 Å². The van der Waals surface area contributed by atoms with Gasteiger partial charge in [-0.05, 0) is 48.9 Å². The molecule has 1 aliphatic carbocycles. The van der Waals surface area contributed by atoms with Crippen LogP contribution in [-0.2, 0) is 0 Å². The molecule has 0 radical (unpaired) electrons. The number of hydrogen-bond acceptors (Lipinski definition) is 1. The minimum absolute atomic E-state index is 0.381. The van der Waals surface area contributed by atoms with Gasteiger partial charge in [0.15, 0.2) is 0 Å². The van der Waals surface area contributed by atoms with E-state index in [9.17, 15) is 0 Å². The highest BCUT2D eigenvalue weighted by Gasteiger charge is 2.24. The fourth-order valence-electron chi connectivity index (χ4n) is 1.51. The number of aryl methyl sites for hydroxylation is 1. The zero-order valence-electron chi connectivity index (χ0n) is 6.67. The van der Waals surface area contributed by atoms with Gasteiger partial charge >= 0.3 is 0 Å². The molecule has 1 nitrogen and oxygen atoms in total. The summed E-state index contributed by atoms with van der Waals surface area (Å²) in [6.07, 6.45) is 2.65. The second-order valence-corrected chi connectivity index (χ2v) is 3.32. The summed E-state index contributed by atoms with van der Waals surface area (Å²) in [4.78, 5) is 0. The maximum absolute atomic E-state index is 9.14. The Balaban J connectivity index is 2.39. The molecule has 0 heterocycles. The first-order chi connectivity index (χ1) is 5.27. The summed E-state index contributed by atoms with van der Waals surface area (Å²) in [6.45, 7) is 2.06. The van der Waals surface area contributed by atoms with Gasteiger partial charge in [-0.2, -0.15) is 0 Å². The molecule has 0 spiro atoms. The molecule has 0 unspecified atom stereocenters. The number of phenolic OH excluding ortho intramolecular Hbond substituents is 1. The first-order valence-electron chi connectivity index (χ1n) is 4.07. The molecule has 1 saturated carbocycles. The molecule has 2 rings (SSSR count). The third kappa shape index (κ3) is 1.23. The molecule has 58 valence electrons. The van der Waals surface area contributed by atoms with Crippen LogP contribution >= 0.6 is 0 Å². The van der Waals surface area contributed by atoms with Crippen LogP contribution < -0.4 is 0 Å². The largest absolute Gasteiger partial charge is 0.508 e. The average molecular weight is 148 g/mol. The topological polar surface area (TPSA) is 20.2 Å². The van der Waals surface area contributed by atoms with E-state index in [1.165, 1.54) is 24.0 Å². The van der Waals surface area contributed by atoms with Crippen LogP contribution in [0.25, 0.3) is 0 Å². The van der Waals surface area contributed by atoms with Crippen LogP contribution in [0.3, 0.4) is 0 Å². The molecular weight excluding hydrogens is 136 g/mol. The predicted octanol–water partition coefficient (Wildman–Crippen LogP) is 2.58. The summed E-state index contributed by atoms with van der Waals surface area (Å²) in [5.74, 6) is 1.17. The van der Waals surface area contributed by atoms with E-state index in [0.29, 0.717) is 5.75 Å². The lowest BCUT2D eigenvalue weighted by atomic mass is 10.0. The summed E-state index contributed by atoms with van der Waals surface area (Å²) in [6, 6.07) is 5.66. The first kappa shape index (κ1) is 6.71. The summed E-state index contributed by atoms with van der Waals surface area (Å²) >= 11 is 0. The van der Waals surface area contributed by atoms with Crippen LogP contribution in [0.2, 0.25) is 0 Å². The number of benzene rings is 1. The Bertz CT molecular complexity index is 274. The zero-order chi connectivity index (χ0) is 7.84. The predicted molar refractivity (Wildman–Crippen MR) is 44.8 cm³/mol. The van der Waals surface area contributed by atoms with Gasteiger partial charge < -0.3 is 5.11 Å². The number of phenols is 1. The highest BCUT2D eigenvalue weighted by Crippen LogP contribution is 2.41. The fraction of sp³-hybridized carbons (Fsp3) is 0.400. The van der Waals surface area contributed by atoms with Gasteiger partial charge in [0.2, 0.25) is 0 Å². The van der Waals surface area contributed by atoms with Crippen molar-refractivity contribution in [1.29, 1.82) is 0 Å². The Morgan fingerprint density at radius 2 is 2.09 bits per heavy atom. The van der Waals surface area contributed by atoms with Crippen molar-refractivity contribution in [3.05, 3.63) is 29.3 Å². The van der Waals surface area contributed by atoms with Crippen LogP contribution in [0.15, 0.2) is 18.2 Å². The zero-order valence-corrected chi connectivity index (χ0v) is 6.67. The molecule has 1 heteroatoms. The van der Waals surface area contributed by atoms with Crippen molar-refractivity contribution in [2.24, 2.45) is 0 Å². The van der Waals surface area contributed by atoms with Gasteiger partial charge in [-0.1, -0.05) is 6.07 Å². The quantitative estimate of drug-likeness (QED) is 0.649. The molecule has 1 aromatic carbocycles. The fourth-order valence-corrected chi connectivity index (χ4v) is 1.51. The van der Waals surface area contributed by atoms with Crippen LogP contribution in [0.4, 0.5) is 0 Å². The van der Waals surface area contributed by atoms with Crippen molar-refractivity contribution in [3.8, 4) is 5.75 Å². The lowest BCUT2D eigenvalue weighted by Gasteiger charge is -2.02. The summed E-state index contributed by atoms with van der Waals surface area (Å²) in [5.41, 5.74) is 2.65. The van der Waals surface area contributed by atoms with Gasteiger partial charge in [-0.15, -0.1) is 0 Å². The van der Waals surface area contributed by atoms with Gasteiger partial charge in [0, 0.05) is 0 Å². The van der Waals surface area contributed by atoms with Crippen LogP contribution in [0, 0.1) is 6.92 Å². The van der Waals surface area contributed by atoms with Gasteiger partial charge in [-0.25, -0.2) is 0 Å². The summed E-state index contributed by atoms with van der Waals surface area (Å²) in [7, 11) is 0. The summed E-state index contributed by atoms with van der Waals surface area (Å²) in [5, 5.41) is 9.14. The van der Waals surface area contributed by atoms with Gasteiger partial charge in [-0.3, -0.25) is 0 Å². The van der Waals surface area contributed by atoms with E-state index in [4.69, 9.17) is 5.11 Å². The Morgan fingerprint density at radius 1 is 1.36 bits per heavy atom. The van der Waals surface area contributed by atoms with E-state index in [1.54, 1.807) is 6.07 Å². The third-order valence-corrected chi connectivity index (χ3v) is 2.27. The molecule has 0 aromatic heterocycles. The molecular formula is C10H12O. The van der Waals surface area contributed by atoms with Gasteiger partial charge in [0.1, 0.15) is 5.75 Å². The molecule has 11 heavy (non-hydrogen) atoms. The first-order valence-corrected chi connectivity index (χ1v) is 4.07. The minimum atomic E-state index is 0.381. The normalized spacial score (nSPS) is 16.8. The molecule has 0 saturated heterocycles. The van der Waals surface area contributed by atoms with Gasteiger partial charge in [0.05, 0.1) is 0 Å². The number of aromatic hydroxyl groups is 1. The monoisotopic (exact) mass is 148 g/mol. The van der Waals surface area contributed by atoms with E-state index in [0.717, 1.165) is 5.92 Å². The van der Waals surface area contributed by atoms with E-state index < -0.39 is 0 Å². The lowest BCUT2D eigenvalue weighted by Crippen LogP contribution is -1.83. The number of hydrogen-bond donors (Lipinski definition) is 1. The minimum Gasteiger partial charge on any atom is -0.508 e. The lowest BCUT2D eigenvalue weighted by molar-refractivity contribution is 0.474. The van der Waals surface area contributed by atoms with Crippen LogP contribution in [-0.4, -0.2) is 5.11 Å². The van der Waals surface area contributed by atoms with E-state index in [1.807, 2.05) is 12.1 Å². The highest BCUT2D eigenvalue weighted by atomic mass is 16.3. The van der Waals surface area contributed by atoms with Crippen LogP contribution in [0.5, 0.6) is 5.75 Å². The van der Waals surface area contributed by atoms with Crippen molar-refractivity contribution in [3.63, 3.8) is 0 Å². The van der Waals surface area contributed by atoms with E-state index in [-0.39, 0.29) is 0 Å². The average Bonchev–Trinajstić information content (AvgIpc) is 2.70. The van der Waals surface area contributed by atoms with Crippen LogP contribution in [0.1, 0.15) is 29.9 Å². The molecule has 1 fully saturated rings. The van der Waals surface area contributed by atoms with E-state index in [2.05, 4.69) is 6.92 Å². The smallest absolute Gasteiger partial charge is 0.115 e. The van der Waals surface area contributed by atoms with Crippen molar-refractivity contribution in [2.45, 2.75) is 25.7 Å². The Morgan fingerprint density at radius 3 is 2.64 bits per heavy atom. The maximum Gasteiger partial charge on any atom is 0.115 e. The highest BCUT2D eigenvalue weighted by molar-refractivity contribution is 5.37. The molecule has 1 aliphatic rings. The summed E-state index contributed by atoms with van der Waals surface area (Å²) < 4.78 is 0. The third-order valence-electron chi connectivity index (χ3n) is 2.27. The van der Waals surface area contributed by atoms with Crippen molar-refractivity contribution in [2.75, 3.05) is 0 Å². The maximum atomic E-state index is 9.14. The molecule has 0 atom stereocenters. The molecule has 0 aliphatic heterocycles. The standard InChI is InChI=1S/C10H12O/c1-7-6-9(11)4-5-10(7)8-2-3-8/h4-6,8,11H,2-3H2,1H3. The SMILES string of the molecule is Cc1cc(O)ccc1C1CC1. The second-order valence-electron chi connectivity index (χ2n) is 3.32. The Kier molecular flexibility index (Phi) is 1.38. The second kappa shape index (κ2) is 2.26. The Labute approximate surface area is 66.7 Å². The molecule has 0 bridgehead atoms. The Hall–Kier alpha value is -0.980. The molecule has 1 N–H and O–H groups in total. The molecule has 0 amide bonds. The van der Waals surface area contributed by atoms with E-state index >= 15 is 0 Å². The van der Waals surface area contributed by atoms with Gasteiger partial charge in [0.25, 0.3) is 0 Å². The molecule has 1 aromatic rings.